The second-order valence-electron chi connectivity index (χ2n) is 6.74. The van der Waals surface area contributed by atoms with Crippen LogP contribution in [0.25, 0.3) is 10.8 Å². The molecular weight excluding hydrogens is 362 g/mol. The molecule has 1 aromatic heterocycles. The topological polar surface area (TPSA) is 63.2 Å². The summed E-state index contributed by atoms with van der Waals surface area (Å²) in [6, 6.07) is 22.8. The zero-order chi connectivity index (χ0) is 20.2. The predicted octanol–water partition coefficient (Wildman–Crippen LogP) is 5.63. The van der Waals surface area contributed by atoms with Gasteiger partial charge in [-0.1, -0.05) is 29.8 Å². The van der Waals surface area contributed by atoms with Crippen molar-refractivity contribution in [2.24, 2.45) is 0 Å². The van der Waals surface area contributed by atoms with E-state index in [4.69, 9.17) is 4.74 Å². The number of carbonyl (C=O) groups excluding carboxylic acids is 1. The van der Waals surface area contributed by atoms with E-state index < -0.39 is 0 Å². The van der Waals surface area contributed by atoms with Gasteiger partial charge in [0.1, 0.15) is 17.3 Å². The molecule has 0 bridgehead atoms. The Hall–Kier alpha value is -3.86. The maximum absolute atomic E-state index is 12.8. The number of aromatic nitrogens is 1. The molecule has 0 spiro atoms. The summed E-state index contributed by atoms with van der Waals surface area (Å²) in [6.45, 7) is 2.02. The van der Waals surface area contributed by atoms with Crippen molar-refractivity contribution in [1.82, 2.24) is 4.98 Å². The molecule has 29 heavy (non-hydrogen) atoms. The van der Waals surface area contributed by atoms with Gasteiger partial charge in [-0.05, 0) is 60.2 Å². The number of anilines is 2. The fourth-order valence-corrected chi connectivity index (χ4v) is 3.11. The molecule has 5 nitrogen and oxygen atoms in total. The van der Waals surface area contributed by atoms with Gasteiger partial charge in [-0.3, -0.25) is 4.79 Å². The van der Waals surface area contributed by atoms with E-state index in [9.17, 15) is 4.79 Å². The van der Waals surface area contributed by atoms with Crippen LogP contribution < -0.4 is 15.4 Å². The van der Waals surface area contributed by atoms with Crippen molar-refractivity contribution in [3.63, 3.8) is 0 Å². The second kappa shape index (κ2) is 8.02. The molecule has 0 aliphatic rings. The summed E-state index contributed by atoms with van der Waals surface area (Å²) in [4.78, 5) is 17.0. The first kappa shape index (κ1) is 18.5. The molecule has 2 N–H and O–H groups in total. The van der Waals surface area contributed by atoms with E-state index in [1.165, 1.54) is 0 Å². The third-order valence-electron chi connectivity index (χ3n) is 4.63. The maximum Gasteiger partial charge on any atom is 0.256 e. The molecule has 0 unspecified atom stereocenters. The number of hydrogen-bond acceptors (Lipinski definition) is 4. The number of benzene rings is 3. The molecule has 0 radical (unpaired) electrons. The molecule has 0 saturated heterocycles. The highest BCUT2D eigenvalue weighted by atomic mass is 16.5. The van der Waals surface area contributed by atoms with E-state index in [1.807, 2.05) is 80.7 Å². The lowest BCUT2D eigenvalue weighted by molar-refractivity contribution is 0.102. The molecule has 0 fully saturated rings. The third kappa shape index (κ3) is 4.19. The first-order valence-electron chi connectivity index (χ1n) is 9.35. The van der Waals surface area contributed by atoms with Crippen molar-refractivity contribution in [3.8, 4) is 11.5 Å². The van der Waals surface area contributed by atoms with Gasteiger partial charge in [-0.15, -0.1) is 0 Å². The number of nitrogens with zero attached hydrogens (tertiary/aromatic N) is 1. The number of nitrogens with one attached hydrogen (secondary N) is 2. The second-order valence-corrected chi connectivity index (χ2v) is 6.74. The summed E-state index contributed by atoms with van der Waals surface area (Å²) >= 11 is 0. The van der Waals surface area contributed by atoms with Crippen molar-refractivity contribution in [1.29, 1.82) is 0 Å². The van der Waals surface area contributed by atoms with Crippen molar-refractivity contribution in [2.45, 2.75) is 6.92 Å². The molecule has 0 aliphatic carbocycles. The monoisotopic (exact) mass is 383 g/mol. The van der Waals surface area contributed by atoms with Gasteiger partial charge in [0.25, 0.3) is 5.91 Å². The Bertz CT molecular complexity index is 1170. The summed E-state index contributed by atoms with van der Waals surface area (Å²) in [5.74, 6) is 1.98. The van der Waals surface area contributed by atoms with Gasteiger partial charge < -0.3 is 15.4 Å². The minimum atomic E-state index is -0.138. The number of amides is 1. The Balaban J connectivity index is 1.60. The minimum Gasteiger partial charge on any atom is -0.457 e. The predicted molar refractivity (Wildman–Crippen MR) is 117 cm³/mol. The van der Waals surface area contributed by atoms with Gasteiger partial charge in [0.15, 0.2) is 0 Å². The number of carbonyl (C=O) groups is 1. The van der Waals surface area contributed by atoms with Gasteiger partial charge >= 0.3 is 0 Å². The molecule has 4 rings (SSSR count). The van der Waals surface area contributed by atoms with Crippen LogP contribution in [0.2, 0.25) is 0 Å². The number of aryl methyl sites for hydroxylation is 1. The Kier molecular flexibility index (Phi) is 5.12. The van der Waals surface area contributed by atoms with E-state index in [-0.39, 0.29) is 5.91 Å². The number of rotatable bonds is 5. The molecular formula is C24H21N3O2. The van der Waals surface area contributed by atoms with Crippen LogP contribution in [0.3, 0.4) is 0 Å². The van der Waals surface area contributed by atoms with Gasteiger partial charge in [0.05, 0.1) is 0 Å². The van der Waals surface area contributed by atoms with Crippen molar-refractivity contribution in [2.75, 3.05) is 17.7 Å². The highest BCUT2D eigenvalue weighted by molar-refractivity contribution is 6.13. The average Bonchev–Trinajstić information content (AvgIpc) is 2.75. The van der Waals surface area contributed by atoms with Crippen LogP contribution in [0.15, 0.2) is 79.0 Å². The highest BCUT2D eigenvalue weighted by Crippen LogP contribution is 2.28. The minimum absolute atomic E-state index is 0.138. The molecule has 1 heterocycles. The Morgan fingerprint density at radius 3 is 2.52 bits per heavy atom. The van der Waals surface area contributed by atoms with Crippen LogP contribution in [0.1, 0.15) is 15.9 Å². The molecule has 0 aliphatic heterocycles. The number of hydrogen-bond donors (Lipinski definition) is 2. The van der Waals surface area contributed by atoms with E-state index >= 15 is 0 Å². The summed E-state index contributed by atoms with van der Waals surface area (Å²) in [7, 11) is 1.81. The van der Waals surface area contributed by atoms with Gasteiger partial charge in [-0.25, -0.2) is 4.98 Å². The van der Waals surface area contributed by atoms with E-state index in [0.717, 1.165) is 27.8 Å². The van der Waals surface area contributed by atoms with Crippen molar-refractivity contribution >= 4 is 28.2 Å². The fraction of sp³-hybridized carbons (Fsp3) is 0.0833. The largest absolute Gasteiger partial charge is 0.457 e. The first-order chi connectivity index (χ1) is 14.1. The summed E-state index contributed by atoms with van der Waals surface area (Å²) in [5, 5.41) is 7.75. The third-order valence-corrected chi connectivity index (χ3v) is 4.63. The van der Waals surface area contributed by atoms with E-state index in [2.05, 4.69) is 15.6 Å². The summed E-state index contributed by atoms with van der Waals surface area (Å²) in [5.41, 5.74) is 2.54. The Morgan fingerprint density at radius 1 is 0.931 bits per heavy atom. The lowest BCUT2D eigenvalue weighted by atomic mass is 10.0. The fourth-order valence-electron chi connectivity index (χ4n) is 3.11. The van der Waals surface area contributed by atoms with Crippen LogP contribution >= 0.6 is 0 Å². The summed E-state index contributed by atoms with van der Waals surface area (Å²) < 4.78 is 5.96. The van der Waals surface area contributed by atoms with Crippen LogP contribution in [0.4, 0.5) is 11.5 Å². The first-order valence-corrected chi connectivity index (χ1v) is 9.35. The van der Waals surface area contributed by atoms with Crippen LogP contribution in [0, 0.1) is 6.92 Å². The number of ether oxygens (including phenoxy) is 1. The Morgan fingerprint density at radius 2 is 1.72 bits per heavy atom. The maximum atomic E-state index is 12.8. The molecule has 4 aromatic rings. The van der Waals surface area contributed by atoms with E-state index in [0.29, 0.717) is 17.1 Å². The van der Waals surface area contributed by atoms with Crippen LogP contribution in [0.5, 0.6) is 11.5 Å². The lowest BCUT2D eigenvalue weighted by Crippen LogP contribution is -2.12. The highest BCUT2D eigenvalue weighted by Gasteiger charge is 2.11. The smallest absolute Gasteiger partial charge is 0.256 e. The van der Waals surface area contributed by atoms with Crippen LogP contribution in [-0.2, 0) is 0 Å². The summed E-state index contributed by atoms with van der Waals surface area (Å²) in [6.07, 6.45) is 1.69. The molecule has 3 aromatic carbocycles. The van der Waals surface area contributed by atoms with Gasteiger partial charge in [0.2, 0.25) is 0 Å². The lowest BCUT2D eigenvalue weighted by Gasteiger charge is -2.11. The molecule has 0 saturated carbocycles. The average molecular weight is 383 g/mol. The molecule has 1 amide bonds. The zero-order valence-electron chi connectivity index (χ0n) is 16.3. The zero-order valence-corrected chi connectivity index (χ0v) is 16.3. The molecule has 5 heteroatoms. The van der Waals surface area contributed by atoms with Gasteiger partial charge in [0, 0.05) is 30.6 Å². The van der Waals surface area contributed by atoms with Gasteiger partial charge in [-0.2, -0.15) is 0 Å². The quantitative estimate of drug-likeness (QED) is 0.469. The number of fused-ring (bicyclic) bond motifs is 1. The molecule has 0 atom stereocenters. The Labute approximate surface area is 169 Å². The van der Waals surface area contributed by atoms with E-state index in [1.54, 1.807) is 12.3 Å². The molecule has 144 valence electrons. The van der Waals surface area contributed by atoms with Crippen molar-refractivity contribution < 1.29 is 9.53 Å². The van der Waals surface area contributed by atoms with Crippen LogP contribution in [-0.4, -0.2) is 17.9 Å². The SMILES string of the molecule is CNc1cc(Oc2ccc3c(C(=O)Nc4ccc(C)cc4)cccc3c2)ccn1. The van der Waals surface area contributed by atoms with Crippen molar-refractivity contribution in [3.05, 3.63) is 90.1 Å². The normalized spacial score (nSPS) is 10.6. The number of pyridine rings is 1. The standard InChI is InChI=1S/C24H21N3O2/c1-16-6-8-18(9-7-16)27-24(28)22-5-3-4-17-14-19(10-11-21(17)22)29-20-12-13-26-23(15-20)25-2/h3-15H,1-2H3,(H,25,26)(H,27,28).